The summed E-state index contributed by atoms with van der Waals surface area (Å²) in [4.78, 5) is 0. The van der Waals surface area contributed by atoms with Crippen molar-refractivity contribution in [3.8, 4) is 11.5 Å². The second-order valence-electron chi connectivity index (χ2n) is 4.03. The molecule has 1 heterocycles. The van der Waals surface area contributed by atoms with E-state index < -0.39 is 6.10 Å². The van der Waals surface area contributed by atoms with Crippen LogP contribution in [0.4, 0.5) is 0 Å². The highest BCUT2D eigenvalue weighted by Gasteiger charge is 2.22. The quantitative estimate of drug-likeness (QED) is 0.904. The van der Waals surface area contributed by atoms with E-state index in [2.05, 4.69) is 26.2 Å². The van der Waals surface area contributed by atoms with Crippen LogP contribution < -0.4 is 9.47 Å². The van der Waals surface area contributed by atoms with Crippen molar-refractivity contribution in [1.29, 1.82) is 0 Å². The van der Waals surface area contributed by atoms with E-state index in [9.17, 15) is 5.11 Å². The molecule has 1 unspecified atom stereocenters. The van der Waals surface area contributed by atoms with Gasteiger partial charge in [0.05, 0.1) is 19.2 Å². The lowest BCUT2D eigenvalue weighted by atomic mass is 10.1. The summed E-state index contributed by atoms with van der Waals surface area (Å²) < 4.78 is 12.3. The van der Waals surface area contributed by atoms with Crippen molar-refractivity contribution in [3.05, 3.63) is 33.0 Å². The molecule has 0 aliphatic carbocycles. The highest BCUT2D eigenvalue weighted by atomic mass is 79.9. The number of ether oxygens (including phenoxy) is 2. The van der Waals surface area contributed by atoms with Crippen LogP contribution in [-0.2, 0) is 7.05 Å². The van der Waals surface area contributed by atoms with E-state index in [1.54, 1.807) is 19.2 Å². The van der Waals surface area contributed by atoms with Crippen molar-refractivity contribution >= 4 is 27.5 Å². The van der Waals surface area contributed by atoms with Gasteiger partial charge in [-0.3, -0.25) is 0 Å². The first-order valence-electron chi connectivity index (χ1n) is 5.64. The molecule has 20 heavy (non-hydrogen) atoms. The molecule has 0 spiro atoms. The predicted octanol–water partition coefficient (Wildman–Crippen LogP) is 2.33. The van der Waals surface area contributed by atoms with Crippen molar-refractivity contribution in [2.75, 3.05) is 14.2 Å². The molecule has 1 N–H and O–H groups in total. The van der Waals surface area contributed by atoms with Gasteiger partial charge in [-0.25, -0.2) is 4.68 Å². The van der Waals surface area contributed by atoms with E-state index >= 15 is 0 Å². The lowest BCUT2D eigenvalue weighted by molar-refractivity contribution is 0.208. The Hall–Kier alpha value is -1.31. The van der Waals surface area contributed by atoms with E-state index in [4.69, 9.17) is 21.1 Å². The minimum atomic E-state index is -0.943. The van der Waals surface area contributed by atoms with E-state index in [1.165, 1.54) is 18.9 Å². The van der Waals surface area contributed by atoms with Crippen LogP contribution >= 0.6 is 27.5 Å². The largest absolute Gasteiger partial charge is 0.493 e. The summed E-state index contributed by atoms with van der Waals surface area (Å²) in [5.74, 6) is 0.868. The molecule has 0 aliphatic heterocycles. The molecule has 0 radical (unpaired) electrons. The second-order valence-corrected chi connectivity index (χ2v) is 5.19. The average Bonchev–Trinajstić information content (AvgIpc) is 2.76. The van der Waals surface area contributed by atoms with Crippen LogP contribution in [0.1, 0.15) is 17.4 Å². The molecule has 1 atom stereocenters. The summed E-state index contributed by atoms with van der Waals surface area (Å²) in [6, 6.07) is 3.28. The Labute approximate surface area is 129 Å². The van der Waals surface area contributed by atoms with Gasteiger partial charge in [0.2, 0.25) is 0 Å². The van der Waals surface area contributed by atoms with Crippen molar-refractivity contribution in [2.45, 2.75) is 6.10 Å². The van der Waals surface area contributed by atoms with Gasteiger partial charge in [-0.15, -0.1) is 5.10 Å². The van der Waals surface area contributed by atoms with Crippen LogP contribution in [0.3, 0.4) is 0 Å². The number of nitrogens with zero attached hydrogens (tertiary/aromatic N) is 3. The van der Waals surface area contributed by atoms with Gasteiger partial charge < -0.3 is 14.6 Å². The lowest BCUT2D eigenvalue weighted by Crippen LogP contribution is -2.08. The fraction of sp³-hybridized carbons (Fsp3) is 0.333. The van der Waals surface area contributed by atoms with Gasteiger partial charge >= 0.3 is 0 Å². The molecule has 0 bridgehead atoms. The van der Waals surface area contributed by atoms with E-state index in [1.807, 2.05) is 0 Å². The van der Waals surface area contributed by atoms with Gasteiger partial charge in [0.25, 0.3) is 0 Å². The molecule has 0 saturated carbocycles. The smallest absolute Gasteiger partial charge is 0.179 e. The van der Waals surface area contributed by atoms with Gasteiger partial charge in [0.15, 0.2) is 16.1 Å². The summed E-state index contributed by atoms with van der Waals surface area (Å²) >= 11 is 9.39. The number of aliphatic hydroxyl groups excluding tert-OH is 1. The third kappa shape index (κ3) is 2.61. The summed E-state index contributed by atoms with van der Waals surface area (Å²) in [6.45, 7) is 0. The number of hydrogen-bond acceptors (Lipinski definition) is 5. The fourth-order valence-corrected chi connectivity index (χ4v) is 2.72. The highest BCUT2D eigenvalue weighted by Crippen LogP contribution is 2.39. The minimum Gasteiger partial charge on any atom is -0.493 e. The Morgan fingerprint density at radius 3 is 2.55 bits per heavy atom. The van der Waals surface area contributed by atoms with Gasteiger partial charge in [-0.1, -0.05) is 16.8 Å². The highest BCUT2D eigenvalue weighted by molar-refractivity contribution is 9.10. The zero-order chi connectivity index (χ0) is 14.9. The maximum absolute atomic E-state index is 10.5. The fourth-order valence-electron chi connectivity index (χ4n) is 1.88. The number of aryl methyl sites for hydroxylation is 1. The van der Waals surface area contributed by atoms with Crippen LogP contribution in [0.2, 0.25) is 5.02 Å². The first-order chi connectivity index (χ1) is 9.49. The Bertz CT molecular complexity index is 613. The summed E-state index contributed by atoms with van der Waals surface area (Å²) in [5.41, 5.74) is 1.08. The van der Waals surface area contributed by atoms with E-state index in [-0.39, 0.29) is 0 Å². The predicted molar refractivity (Wildman–Crippen MR) is 77.3 cm³/mol. The number of benzene rings is 1. The first kappa shape index (κ1) is 15.1. The topological polar surface area (TPSA) is 69.4 Å². The molecule has 8 heteroatoms. The summed E-state index contributed by atoms with van der Waals surface area (Å²) in [5, 5.41) is 18.5. The Morgan fingerprint density at radius 2 is 2.05 bits per heavy atom. The van der Waals surface area contributed by atoms with Crippen LogP contribution in [-0.4, -0.2) is 34.3 Å². The SMILES string of the molecule is COc1cc(C(O)c2c(Br)nnn2C)cc(Cl)c1OC. The lowest BCUT2D eigenvalue weighted by Gasteiger charge is -2.15. The van der Waals surface area contributed by atoms with Crippen LogP contribution in [0.25, 0.3) is 0 Å². The molecule has 0 saturated heterocycles. The first-order valence-corrected chi connectivity index (χ1v) is 6.81. The molecule has 1 aromatic heterocycles. The maximum atomic E-state index is 10.5. The molecule has 1 aromatic carbocycles. The van der Waals surface area contributed by atoms with Gasteiger partial charge in [-0.2, -0.15) is 0 Å². The van der Waals surface area contributed by atoms with E-state index in [0.29, 0.717) is 32.4 Å². The second kappa shape index (κ2) is 5.99. The zero-order valence-corrected chi connectivity index (χ0v) is 13.4. The number of aromatic nitrogens is 3. The van der Waals surface area contributed by atoms with Crippen LogP contribution in [0.15, 0.2) is 16.7 Å². The third-order valence-corrected chi connectivity index (χ3v) is 3.70. The maximum Gasteiger partial charge on any atom is 0.179 e. The molecule has 2 aromatic rings. The number of halogens is 2. The number of rotatable bonds is 4. The Morgan fingerprint density at radius 1 is 1.35 bits per heavy atom. The minimum absolute atomic E-state index is 0.354. The van der Waals surface area contributed by atoms with Gasteiger partial charge in [0, 0.05) is 7.05 Å². The standard InChI is InChI=1S/C12H13BrClN3O3/c1-17-9(12(13)15-16-17)10(18)6-4-7(14)11(20-3)8(5-6)19-2/h4-5,10,18H,1-3H3. The molecular weight excluding hydrogens is 350 g/mol. The molecule has 0 fully saturated rings. The van der Waals surface area contributed by atoms with Crippen LogP contribution in [0, 0.1) is 0 Å². The van der Waals surface area contributed by atoms with Crippen molar-refractivity contribution < 1.29 is 14.6 Å². The van der Waals surface area contributed by atoms with Crippen molar-refractivity contribution in [1.82, 2.24) is 15.0 Å². The third-order valence-electron chi connectivity index (χ3n) is 2.86. The van der Waals surface area contributed by atoms with Crippen molar-refractivity contribution in [2.24, 2.45) is 7.05 Å². The number of methoxy groups -OCH3 is 2. The molecule has 6 nitrogen and oxygen atoms in total. The molecule has 108 valence electrons. The van der Waals surface area contributed by atoms with Crippen LogP contribution in [0.5, 0.6) is 11.5 Å². The van der Waals surface area contributed by atoms with Gasteiger partial charge in [0.1, 0.15) is 11.8 Å². The molecular formula is C12H13BrClN3O3. The normalized spacial score (nSPS) is 12.3. The van der Waals surface area contributed by atoms with Gasteiger partial charge in [-0.05, 0) is 33.6 Å². The monoisotopic (exact) mass is 361 g/mol. The van der Waals surface area contributed by atoms with Crippen molar-refractivity contribution in [3.63, 3.8) is 0 Å². The Balaban J connectivity index is 2.51. The van der Waals surface area contributed by atoms with E-state index in [0.717, 1.165) is 0 Å². The average molecular weight is 363 g/mol. The molecule has 2 rings (SSSR count). The summed E-state index contributed by atoms with van der Waals surface area (Å²) in [6.07, 6.45) is -0.943. The molecule has 0 aliphatic rings. The number of aliphatic hydroxyl groups is 1. The summed E-state index contributed by atoms with van der Waals surface area (Å²) in [7, 11) is 4.70. The zero-order valence-electron chi connectivity index (χ0n) is 11.1. The number of hydrogen-bond donors (Lipinski definition) is 1. The molecule has 0 amide bonds. The Kier molecular flexibility index (Phi) is 4.52.